The van der Waals surface area contributed by atoms with Gasteiger partial charge in [-0.1, -0.05) is 19.3 Å². The SMILES string of the molecule is COc1ccc2nccc([C@H](F)CC[C@@H]3CCN(CCC4CCC4)C[C@H]3CCC(=O)O)c2c1. The predicted molar refractivity (Wildman–Crippen MR) is 128 cm³/mol. The Kier molecular flexibility index (Phi) is 8.18. The summed E-state index contributed by atoms with van der Waals surface area (Å²) in [6, 6.07) is 7.35. The van der Waals surface area contributed by atoms with E-state index in [-0.39, 0.29) is 6.42 Å². The molecule has 0 spiro atoms. The highest BCUT2D eigenvalue weighted by Crippen LogP contribution is 2.37. The molecule has 1 aliphatic carbocycles. The van der Waals surface area contributed by atoms with Crippen LogP contribution in [0.25, 0.3) is 10.9 Å². The van der Waals surface area contributed by atoms with Crippen molar-refractivity contribution in [3.05, 3.63) is 36.0 Å². The van der Waals surface area contributed by atoms with Crippen molar-refractivity contribution < 1.29 is 19.0 Å². The monoisotopic (exact) mass is 456 g/mol. The predicted octanol–water partition coefficient (Wildman–Crippen LogP) is 6.03. The summed E-state index contributed by atoms with van der Waals surface area (Å²) in [5.41, 5.74) is 1.44. The molecule has 5 nitrogen and oxygen atoms in total. The molecule has 1 aromatic carbocycles. The number of aromatic nitrogens is 1. The van der Waals surface area contributed by atoms with Crippen molar-refractivity contribution in [3.63, 3.8) is 0 Å². The van der Waals surface area contributed by atoms with Crippen LogP contribution < -0.4 is 4.74 Å². The van der Waals surface area contributed by atoms with Gasteiger partial charge in [0.1, 0.15) is 11.9 Å². The number of piperidine rings is 1. The highest BCUT2D eigenvalue weighted by Gasteiger charge is 2.31. The highest BCUT2D eigenvalue weighted by atomic mass is 19.1. The molecule has 0 bridgehead atoms. The molecule has 2 heterocycles. The van der Waals surface area contributed by atoms with Gasteiger partial charge in [-0.3, -0.25) is 9.78 Å². The van der Waals surface area contributed by atoms with Gasteiger partial charge in [-0.2, -0.15) is 0 Å². The zero-order valence-electron chi connectivity index (χ0n) is 19.7. The summed E-state index contributed by atoms with van der Waals surface area (Å²) in [6.45, 7) is 3.13. The number of ether oxygens (including phenoxy) is 1. The summed E-state index contributed by atoms with van der Waals surface area (Å²) in [6.07, 6.45) is 9.14. The number of likely N-dealkylation sites (tertiary alicyclic amines) is 1. The third-order valence-corrected chi connectivity index (χ3v) is 7.89. The first-order chi connectivity index (χ1) is 16.0. The largest absolute Gasteiger partial charge is 0.497 e. The molecule has 2 aromatic rings. The molecule has 3 atom stereocenters. The molecule has 0 amide bonds. The van der Waals surface area contributed by atoms with E-state index < -0.39 is 12.1 Å². The van der Waals surface area contributed by atoms with Crippen LogP contribution in [0.2, 0.25) is 0 Å². The van der Waals surface area contributed by atoms with Crippen molar-refractivity contribution >= 4 is 16.9 Å². The number of halogens is 1. The molecule has 33 heavy (non-hydrogen) atoms. The van der Waals surface area contributed by atoms with E-state index in [2.05, 4.69) is 9.88 Å². The van der Waals surface area contributed by atoms with Crippen molar-refractivity contribution in [3.8, 4) is 5.75 Å². The van der Waals surface area contributed by atoms with E-state index in [1.165, 1.54) is 25.7 Å². The van der Waals surface area contributed by atoms with Gasteiger partial charge in [0.05, 0.1) is 12.6 Å². The maximum atomic E-state index is 15.5. The summed E-state index contributed by atoms with van der Waals surface area (Å²) in [5.74, 6) is 1.57. The Hall–Kier alpha value is -2.21. The summed E-state index contributed by atoms with van der Waals surface area (Å²) in [5, 5.41) is 10.0. The second kappa shape index (κ2) is 11.3. The third-order valence-electron chi connectivity index (χ3n) is 7.89. The van der Waals surface area contributed by atoms with Crippen LogP contribution in [0.5, 0.6) is 5.75 Å². The topological polar surface area (TPSA) is 62.7 Å². The number of carbonyl (C=O) groups is 1. The number of pyridine rings is 1. The van der Waals surface area contributed by atoms with Gasteiger partial charge < -0.3 is 14.7 Å². The summed E-state index contributed by atoms with van der Waals surface area (Å²) in [7, 11) is 1.61. The van der Waals surface area contributed by atoms with Crippen molar-refractivity contribution in [2.24, 2.45) is 17.8 Å². The number of fused-ring (bicyclic) bond motifs is 1. The van der Waals surface area contributed by atoms with Crippen LogP contribution >= 0.6 is 0 Å². The van der Waals surface area contributed by atoms with Gasteiger partial charge in [0.25, 0.3) is 0 Å². The number of aliphatic carboxylic acids is 1. The fraction of sp³-hybridized carbons (Fsp3) is 0.630. The van der Waals surface area contributed by atoms with Crippen molar-refractivity contribution in [2.75, 3.05) is 26.7 Å². The van der Waals surface area contributed by atoms with Crippen LogP contribution in [-0.4, -0.2) is 47.7 Å². The zero-order valence-corrected chi connectivity index (χ0v) is 19.7. The number of carboxylic acids is 1. The summed E-state index contributed by atoms with van der Waals surface area (Å²) in [4.78, 5) is 18.1. The van der Waals surface area contributed by atoms with Gasteiger partial charge >= 0.3 is 5.97 Å². The maximum absolute atomic E-state index is 15.5. The number of carboxylic acid groups (broad SMARTS) is 1. The number of nitrogens with zero attached hydrogens (tertiary/aromatic N) is 2. The molecule has 1 saturated heterocycles. The maximum Gasteiger partial charge on any atom is 0.303 e. The quantitative estimate of drug-likeness (QED) is 0.447. The molecule has 1 aromatic heterocycles. The molecule has 4 rings (SSSR count). The molecule has 1 aliphatic heterocycles. The standard InChI is InChI=1S/C27H37FN2O3/c1-33-22-7-9-26-24(17-22)23(11-14-29-26)25(28)8-5-20-13-16-30(15-12-19-3-2-4-19)18-21(20)6-10-27(31)32/h7,9,11,14,17,19-21,25H,2-6,8,10,12-13,15-16,18H2,1H3,(H,31,32)/t20-,21-,25-/m1/s1. The lowest BCUT2D eigenvalue weighted by Crippen LogP contribution is -2.41. The Labute approximate surface area is 196 Å². The number of hydrogen-bond acceptors (Lipinski definition) is 4. The van der Waals surface area contributed by atoms with Gasteiger partial charge in [0, 0.05) is 24.5 Å². The molecule has 0 unspecified atom stereocenters. The first kappa shape index (κ1) is 23.9. The average Bonchev–Trinajstić information content (AvgIpc) is 2.80. The van der Waals surface area contributed by atoms with Crippen LogP contribution in [-0.2, 0) is 4.79 Å². The Balaban J connectivity index is 1.38. The van der Waals surface area contributed by atoms with Gasteiger partial charge in [-0.15, -0.1) is 0 Å². The minimum atomic E-state index is -1.07. The first-order valence-corrected chi connectivity index (χ1v) is 12.5. The van der Waals surface area contributed by atoms with Crippen LogP contribution in [0, 0.1) is 17.8 Å². The van der Waals surface area contributed by atoms with E-state index in [9.17, 15) is 9.90 Å². The molecule has 0 radical (unpaired) electrons. The molecule has 1 saturated carbocycles. The zero-order chi connectivity index (χ0) is 23.2. The van der Waals surface area contributed by atoms with Crippen LogP contribution in [0.3, 0.4) is 0 Å². The van der Waals surface area contributed by atoms with E-state index in [1.807, 2.05) is 18.2 Å². The second-order valence-electron chi connectivity index (χ2n) is 9.96. The van der Waals surface area contributed by atoms with Gasteiger partial charge in [-0.05, 0) is 92.8 Å². The first-order valence-electron chi connectivity index (χ1n) is 12.5. The number of methoxy groups -OCH3 is 1. The minimum absolute atomic E-state index is 0.200. The van der Waals surface area contributed by atoms with Crippen molar-refractivity contribution in [1.29, 1.82) is 0 Å². The number of hydrogen-bond donors (Lipinski definition) is 1. The van der Waals surface area contributed by atoms with Crippen molar-refractivity contribution in [1.82, 2.24) is 9.88 Å². The number of alkyl halides is 1. The lowest BCUT2D eigenvalue weighted by atomic mass is 9.78. The van der Waals surface area contributed by atoms with E-state index in [0.717, 1.165) is 49.3 Å². The van der Waals surface area contributed by atoms with Gasteiger partial charge in [0.15, 0.2) is 0 Å². The lowest BCUT2D eigenvalue weighted by molar-refractivity contribution is -0.137. The molecule has 6 heteroatoms. The Morgan fingerprint density at radius 2 is 2.06 bits per heavy atom. The molecule has 180 valence electrons. The summed E-state index contributed by atoms with van der Waals surface area (Å²) < 4.78 is 20.8. The molecule has 2 fully saturated rings. The number of benzene rings is 1. The molecule has 1 N–H and O–H groups in total. The summed E-state index contributed by atoms with van der Waals surface area (Å²) >= 11 is 0. The Morgan fingerprint density at radius 3 is 2.79 bits per heavy atom. The van der Waals surface area contributed by atoms with E-state index >= 15 is 4.39 Å². The van der Waals surface area contributed by atoms with Crippen LogP contribution in [0.4, 0.5) is 4.39 Å². The van der Waals surface area contributed by atoms with Gasteiger partial charge in [0.2, 0.25) is 0 Å². The molecular weight excluding hydrogens is 419 g/mol. The van der Waals surface area contributed by atoms with E-state index in [1.54, 1.807) is 19.4 Å². The smallest absolute Gasteiger partial charge is 0.303 e. The fourth-order valence-electron chi connectivity index (χ4n) is 5.58. The van der Waals surface area contributed by atoms with Gasteiger partial charge in [-0.25, -0.2) is 4.39 Å². The average molecular weight is 457 g/mol. The molecular formula is C27H37FN2O3. The normalized spacial score (nSPS) is 22.7. The lowest BCUT2D eigenvalue weighted by Gasteiger charge is -2.40. The van der Waals surface area contributed by atoms with E-state index in [4.69, 9.17) is 4.74 Å². The Morgan fingerprint density at radius 1 is 1.21 bits per heavy atom. The van der Waals surface area contributed by atoms with Crippen LogP contribution in [0.1, 0.15) is 69.5 Å². The minimum Gasteiger partial charge on any atom is -0.497 e. The fourth-order valence-corrected chi connectivity index (χ4v) is 5.58. The Bertz CT molecular complexity index is 933. The van der Waals surface area contributed by atoms with Crippen LogP contribution in [0.15, 0.2) is 30.5 Å². The van der Waals surface area contributed by atoms with Crippen molar-refractivity contribution in [2.45, 2.75) is 64.0 Å². The highest BCUT2D eigenvalue weighted by molar-refractivity contribution is 5.83. The number of rotatable bonds is 11. The third kappa shape index (κ3) is 6.23. The molecule has 2 aliphatic rings. The second-order valence-corrected chi connectivity index (χ2v) is 9.96. The van der Waals surface area contributed by atoms with E-state index in [0.29, 0.717) is 36.0 Å².